The van der Waals surface area contributed by atoms with Gasteiger partial charge in [-0.25, -0.2) is 0 Å². The van der Waals surface area contributed by atoms with Gasteiger partial charge in [0.25, 0.3) is 0 Å². The third kappa shape index (κ3) is 5.08. The molecule has 2 fully saturated rings. The third-order valence-corrected chi connectivity index (χ3v) is 5.77. The van der Waals surface area contributed by atoms with Gasteiger partial charge in [0.05, 0.1) is 40.5 Å². The molecule has 1 atom stereocenters. The van der Waals surface area contributed by atoms with Crippen molar-refractivity contribution in [2.75, 3.05) is 47.6 Å². The van der Waals surface area contributed by atoms with E-state index in [1.807, 2.05) is 12.1 Å². The second kappa shape index (κ2) is 9.98. The molecule has 156 valence electrons. The number of benzene rings is 1. The summed E-state index contributed by atoms with van der Waals surface area (Å²) in [6.07, 6.45) is 4.18. The minimum atomic E-state index is 0.116. The first-order chi connectivity index (χ1) is 13.6. The summed E-state index contributed by atoms with van der Waals surface area (Å²) in [5.74, 6) is 2.28. The first-order valence-electron chi connectivity index (χ1n) is 10.2. The van der Waals surface area contributed by atoms with Crippen LogP contribution in [0.25, 0.3) is 0 Å². The summed E-state index contributed by atoms with van der Waals surface area (Å²) in [5, 5.41) is 3.08. The highest BCUT2D eigenvalue weighted by molar-refractivity contribution is 5.78. The van der Waals surface area contributed by atoms with Gasteiger partial charge in [-0.3, -0.25) is 4.79 Å². The summed E-state index contributed by atoms with van der Waals surface area (Å²) in [6, 6.07) is 4.02. The van der Waals surface area contributed by atoms with E-state index in [0.717, 1.165) is 57.5 Å². The van der Waals surface area contributed by atoms with Crippen molar-refractivity contribution in [2.45, 2.75) is 38.3 Å². The average molecular weight is 394 g/mol. The molecule has 0 radical (unpaired) electrons. The molecule has 0 bridgehead atoms. The summed E-state index contributed by atoms with van der Waals surface area (Å²) in [4.78, 5) is 13.9. The van der Waals surface area contributed by atoms with E-state index in [4.69, 9.17) is 18.9 Å². The minimum absolute atomic E-state index is 0.116. The number of quaternary nitrogens is 1. The maximum absolute atomic E-state index is 12.4. The van der Waals surface area contributed by atoms with Crippen molar-refractivity contribution in [3.05, 3.63) is 17.7 Å². The van der Waals surface area contributed by atoms with Gasteiger partial charge in [-0.2, -0.15) is 0 Å². The quantitative estimate of drug-likeness (QED) is 0.684. The van der Waals surface area contributed by atoms with Gasteiger partial charge in [0.1, 0.15) is 6.54 Å². The second-order valence-electron chi connectivity index (χ2n) is 7.61. The Balaban J connectivity index is 1.50. The molecular formula is C21H33N2O5+. The lowest BCUT2D eigenvalue weighted by atomic mass is 9.95. The fourth-order valence-electron chi connectivity index (χ4n) is 4.16. The molecule has 7 nitrogen and oxygen atoms in total. The smallest absolute Gasteiger partial charge is 0.223 e. The van der Waals surface area contributed by atoms with E-state index in [1.165, 1.54) is 4.90 Å². The summed E-state index contributed by atoms with van der Waals surface area (Å²) in [6.45, 7) is 4.31. The number of likely N-dealkylation sites (tertiary alicyclic amines) is 1. The molecule has 2 N–H and O–H groups in total. The summed E-state index contributed by atoms with van der Waals surface area (Å²) in [5.41, 5.74) is 1.14. The molecule has 28 heavy (non-hydrogen) atoms. The number of amides is 1. The molecular weight excluding hydrogens is 360 g/mol. The van der Waals surface area contributed by atoms with E-state index in [-0.39, 0.29) is 17.9 Å². The van der Waals surface area contributed by atoms with E-state index in [9.17, 15) is 4.79 Å². The normalized spacial score (nSPS) is 24.6. The SMILES string of the molecule is COc1cc(C[NH+]2CCC(C(=O)NC[C@H]3CCCO3)CC2)cc(OC)c1OC. The molecule has 1 aromatic rings. The van der Waals surface area contributed by atoms with Crippen LogP contribution >= 0.6 is 0 Å². The van der Waals surface area contributed by atoms with E-state index >= 15 is 0 Å². The topological polar surface area (TPSA) is 70.5 Å². The van der Waals surface area contributed by atoms with Crippen LogP contribution in [0.4, 0.5) is 0 Å². The fourth-order valence-corrected chi connectivity index (χ4v) is 4.16. The molecule has 0 spiro atoms. The zero-order chi connectivity index (χ0) is 19.9. The van der Waals surface area contributed by atoms with Crippen LogP contribution < -0.4 is 24.4 Å². The van der Waals surface area contributed by atoms with Crippen LogP contribution in [0.5, 0.6) is 17.2 Å². The zero-order valence-corrected chi connectivity index (χ0v) is 17.2. The number of nitrogens with one attached hydrogen (secondary N) is 2. The van der Waals surface area contributed by atoms with Crippen molar-refractivity contribution >= 4 is 5.91 Å². The van der Waals surface area contributed by atoms with Gasteiger partial charge in [-0.1, -0.05) is 0 Å². The van der Waals surface area contributed by atoms with Crippen molar-refractivity contribution in [3.63, 3.8) is 0 Å². The molecule has 7 heteroatoms. The lowest BCUT2D eigenvalue weighted by Crippen LogP contribution is -3.11. The van der Waals surface area contributed by atoms with Crippen LogP contribution in [-0.2, 0) is 16.1 Å². The summed E-state index contributed by atoms with van der Waals surface area (Å²) >= 11 is 0. The molecule has 0 aromatic heterocycles. The van der Waals surface area contributed by atoms with Crippen LogP contribution in [-0.4, -0.2) is 59.6 Å². The Kier molecular flexibility index (Phi) is 7.39. The number of hydrogen-bond acceptors (Lipinski definition) is 5. The molecule has 1 aromatic carbocycles. The standard InChI is InChI=1S/C21H32N2O5/c1-25-18-11-15(12-19(26-2)20(18)27-3)14-23-8-6-16(7-9-23)21(24)22-13-17-5-4-10-28-17/h11-12,16-17H,4-10,13-14H2,1-3H3,(H,22,24)/p+1/t17-/m1/s1. The molecule has 0 unspecified atom stereocenters. The highest BCUT2D eigenvalue weighted by atomic mass is 16.5. The van der Waals surface area contributed by atoms with Gasteiger partial charge in [-0.15, -0.1) is 0 Å². The van der Waals surface area contributed by atoms with Crippen molar-refractivity contribution in [2.24, 2.45) is 5.92 Å². The Bertz CT molecular complexity index is 627. The second-order valence-corrected chi connectivity index (χ2v) is 7.61. The Morgan fingerprint density at radius 2 is 1.79 bits per heavy atom. The zero-order valence-electron chi connectivity index (χ0n) is 17.2. The van der Waals surface area contributed by atoms with Crippen LogP contribution in [0.3, 0.4) is 0 Å². The van der Waals surface area contributed by atoms with Crippen LogP contribution in [0.2, 0.25) is 0 Å². The van der Waals surface area contributed by atoms with Crippen LogP contribution in [0.1, 0.15) is 31.2 Å². The first kappa shape index (κ1) is 20.7. The number of methoxy groups -OCH3 is 3. The predicted octanol–water partition coefficient (Wildman–Crippen LogP) is 0.803. The molecule has 0 saturated carbocycles. The molecule has 2 saturated heterocycles. The van der Waals surface area contributed by atoms with Gasteiger partial charge in [0.2, 0.25) is 11.7 Å². The summed E-state index contributed by atoms with van der Waals surface area (Å²) < 4.78 is 21.9. The average Bonchev–Trinajstić information content (AvgIpc) is 3.25. The van der Waals surface area contributed by atoms with Crippen LogP contribution in [0.15, 0.2) is 12.1 Å². The molecule has 2 heterocycles. The van der Waals surface area contributed by atoms with Gasteiger partial charge in [0.15, 0.2) is 11.5 Å². The molecule has 1 amide bonds. The van der Waals surface area contributed by atoms with Gasteiger partial charge in [0, 0.05) is 37.5 Å². The molecule has 2 aliphatic heterocycles. The highest BCUT2D eigenvalue weighted by Gasteiger charge is 2.28. The molecule has 2 aliphatic rings. The van der Waals surface area contributed by atoms with E-state index < -0.39 is 0 Å². The Morgan fingerprint density at radius 3 is 2.32 bits per heavy atom. The number of carbonyl (C=O) groups is 1. The predicted molar refractivity (Wildman–Crippen MR) is 105 cm³/mol. The number of carbonyl (C=O) groups excluding carboxylic acids is 1. The molecule has 3 rings (SSSR count). The van der Waals surface area contributed by atoms with Gasteiger partial charge in [-0.05, 0) is 25.0 Å². The van der Waals surface area contributed by atoms with Crippen LogP contribution in [0, 0.1) is 5.92 Å². The Hall–Kier alpha value is -1.99. The first-order valence-corrected chi connectivity index (χ1v) is 10.2. The number of ether oxygens (including phenoxy) is 4. The van der Waals surface area contributed by atoms with Gasteiger partial charge < -0.3 is 29.2 Å². The minimum Gasteiger partial charge on any atom is -0.493 e. The molecule has 0 aliphatic carbocycles. The number of rotatable bonds is 8. The van der Waals surface area contributed by atoms with E-state index in [0.29, 0.717) is 23.8 Å². The van der Waals surface area contributed by atoms with E-state index in [1.54, 1.807) is 21.3 Å². The highest BCUT2D eigenvalue weighted by Crippen LogP contribution is 2.38. The van der Waals surface area contributed by atoms with Crippen molar-refractivity contribution in [1.29, 1.82) is 0 Å². The monoisotopic (exact) mass is 393 g/mol. The number of piperidine rings is 1. The number of hydrogen-bond donors (Lipinski definition) is 2. The maximum Gasteiger partial charge on any atom is 0.223 e. The van der Waals surface area contributed by atoms with Crippen molar-refractivity contribution in [3.8, 4) is 17.2 Å². The van der Waals surface area contributed by atoms with Crippen molar-refractivity contribution in [1.82, 2.24) is 5.32 Å². The fraction of sp³-hybridized carbons (Fsp3) is 0.667. The van der Waals surface area contributed by atoms with E-state index in [2.05, 4.69) is 5.32 Å². The van der Waals surface area contributed by atoms with Gasteiger partial charge >= 0.3 is 0 Å². The Morgan fingerprint density at radius 1 is 1.11 bits per heavy atom. The largest absolute Gasteiger partial charge is 0.493 e. The Labute approximate surface area is 167 Å². The lowest BCUT2D eigenvalue weighted by Gasteiger charge is -2.29. The summed E-state index contributed by atoms with van der Waals surface area (Å²) in [7, 11) is 4.88. The third-order valence-electron chi connectivity index (χ3n) is 5.77. The lowest BCUT2D eigenvalue weighted by molar-refractivity contribution is -0.919. The van der Waals surface area contributed by atoms with Crippen molar-refractivity contribution < 1.29 is 28.6 Å². The maximum atomic E-state index is 12.4.